The maximum Gasteiger partial charge on any atom is 0.251 e. The fourth-order valence-electron chi connectivity index (χ4n) is 2.23. The van der Waals surface area contributed by atoms with Crippen LogP contribution in [0.3, 0.4) is 0 Å². The number of nitrogens with zero attached hydrogens (tertiary/aromatic N) is 1. The lowest BCUT2D eigenvalue weighted by molar-refractivity contribution is 0.0953. The molecule has 24 heavy (non-hydrogen) atoms. The molecule has 0 unspecified atom stereocenters. The van der Waals surface area contributed by atoms with Gasteiger partial charge in [-0.25, -0.2) is 13.8 Å². The van der Waals surface area contributed by atoms with Gasteiger partial charge < -0.3 is 5.32 Å². The van der Waals surface area contributed by atoms with E-state index in [1.807, 2.05) is 35.7 Å². The first kappa shape index (κ1) is 16.3. The smallest absolute Gasteiger partial charge is 0.251 e. The molecule has 1 N–H and O–H groups in total. The van der Waals surface area contributed by atoms with Crippen molar-refractivity contribution in [3.05, 3.63) is 76.8 Å². The van der Waals surface area contributed by atoms with Gasteiger partial charge in [0.2, 0.25) is 0 Å². The van der Waals surface area contributed by atoms with E-state index in [9.17, 15) is 13.6 Å². The number of rotatable bonds is 5. The summed E-state index contributed by atoms with van der Waals surface area (Å²) < 4.78 is 26.2. The number of amides is 1. The van der Waals surface area contributed by atoms with E-state index >= 15 is 0 Å². The zero-order valence-corrected chi connectivity index (χ0v) is 13.4. The van der Waals surface area contributed by atoms with Crippen LogP contribution >= 0.6 is 11.3 Å². The number of hydrogen-bond acceptors (Lipinski definition) is 3. The van der Waals surface area contributed by atoms with Crippen molar-refractivity contribution in [3.8, 4) is 10.6 Å². The number of hydrogen-bond donors (Lipinski definition) is 1. The molecule has 0 atom stereocenters. The normalized spacial score (nSPS) is 10.6. The lowest BCUT2D eigenvalue weighted by Gasteiger charge is -2.04. The van der Waals surface area contributed by atoms with Crippen molar-refractivity contribution >= 4 is 17.2 Å². The third kappa shape index (κ3) is 4.02. The molecule has 1 aromatic heterocycles. The lowest BCUT2D eigenvalue weighted by Crippen LogP contribution is -2.26. The van der Waals surface area contributed by atoms with Crippen molar-refractivity contribution in [1.29, 1.82) is 0 Å². The molecule has 0 radical (unpaired) electrons. The third-order valence-corrected chi connectivity index (χ3v) is 4.30. The fourth-order valence-corrected chi connectivity index (χ4v) is 3.09. The Balaban J connectivity index is 1.57. The molecule has 0 saturated heterocycles. The number of nitrogens with one attached hydrogen (secondary N) is 1. The molecular formula is C18H14F2N2OS. The summed E-state index contributed by atoms with van der Waals surface area (Å²) in [5.41, 5.74) is 1.88. The summed E-state index contributed by atoms with van der Waals surface area (Å²) in [4.78, 5) is 16.4. The molecule has 1 heterocycles. The molecule has 0 saturated carbocycles. The number of aromatic nitrogens is 1. The Hall–Kier alpha value is -2.60. The van der Waals surface area contributed by atoms with Gasteiger partial charge in [0.05, 0.1) is 5.69 Å². The SMILES string of the molecule is O=C(NCCc1csc(-c2ccccc2)n1)c1cc(F)cc(F)c1. The average molecular weight is 344 g/mol. The van der Waals surface area contributed by atoms with Gasteiger partial charge in [-0.2, -0.15) is 0 Å². The van der Waals surface area contributed by atoms with E-state index in [-0.39, 0.29) is 5.56 Å². The maximum atomic E-state index is 13.1. The second kappa shape index (κ2) is 7.31. The van der Waals surface area contributed by atoms with Gasteiger partial charge >= 0.3 is 0 Å². The first-order valence-corrected chi connectivity index (χ1v) is 8.24. The van der Waals surface area contributed by atoms with E-state index in [0.29, 0.717) is 13.0 Å². The van der Waals surface area contributed by atoms with Crippen molar-refractivity contribution in [2.45, 2.75) is 6.42 Å². The topological polar surface area (TPSA) is 42.0 Å². The summed E-state index contributed by atoms with van der Waals surface area (Å²) in [6, 6.07) is 12.6. The number of carbonyl (C=O) groups is 1. The van der Waals surface area contributed by atoms with Crippen LogP contribution in [0.25, 0.3) is 10.6 Å². The first-order chi connectivity index (χ1) is 11.6. The van der Waals surface area contributed by atoms with E-state index in [0.717, 1.165) is 34.5 Å². The Labute approximate surface area is 142 Å². The summed E-state index contributed by atoms with van der Waals surface area (Å²) in [6.45, 7) is 0.342. The van der Waals surface area contributed by atoms with Crippen LogP contribution in [0.1, 0.15) is 16.1 Å². The fraction of sp³-hybridized carbons (Fsp3) is 0.111. The molecule has 0 aliphatic rings. The Morgan fingerprint density at radius 1 is 1.08 bits per heavy atom. The van der Waals surface area contributed by atoms with Crippen LogP contribution in [0.15, 0.2) is 53.9 Å². The molecule has 0 bridgehead atoms. The monoisotopic (exact) mass is 344 g/mol. The number of benzene rings is 2. The quantitative estimate of drug-likeness (QED) is 0.758. The molecular weight excluding hydrogens is 330 g/mol. The van der Waals surface area contributed by atoms with Crippen molar-refractivity contribution in [2.24, 2.45) is 0 Å². The Morgan fingerprint density at radius 2 is 1.79 bits per heavy atom. The molecule has 2 aromatic carbocycles. The second-order valence-electron chi connectivity index (χ2n) is 5.17. The summed E-state index contributed by atoms with van der Waals surface area (Å²) in [5, 5.41) is 5.50. The Kier molecular flexibility index (Phi) is 4.96. The van der Waals surface area contributed by atoms with Crippen molar-refractivity contribution in [1.82, 2.24) is 10.3 Å². The minimum atomic E-state index is -0.771. The Bertz CT molecular complexity index is 829. The van der Waals surface area contributed by atoms with Crippen molar-refractivity contribution < 1.29 is 13.6 Å². The van der Waals surface area contributed by atoms with Gasteiger partial charge in [0.15, 0.2) is 0 Å². The average Bonchev–Trinajstić information content (AvgIpc) is 3.03. The molecule has 3 rings (SSSR count). The van der Waals surface area contributed by atoms with Crippen LogP contribution in [-0.4, -0.2) is 17.4 Å². The van der Waals surface area contributed by atoms with Gasteiger partial charge in [-0.3, -0.25) is 4.79 Å². The van der Waals surface area contributed by atoms with E-state index in [1.54, 1.807) is 0 Å². The largest absolute Gasteiger partial charge is 0.352 e. The van der Waals surface area contributed by atoms with Gasteiger partial charge in [-0.05, 0) is 12.1 Å². The van der Waals surface area contributed by atoms with E-state index in [1.165, 1.54) is 11.3 Å². The predicted molar refractivity (Wildman–Crippen MR) is 89.9 cm³/mol. The summed E-state index contributed by atoms with van der Waals surface area (Å²) in [5.74, 6) is -2.05. The molecule has 0 fully saturated rings. The van der Waals surface area contributed by atoms with E-state index in [2.05, 4.69) is 10.3 Å². The molecule has 3 nitrogen and oxygen atoms in total. The van der Waals surface area contributed by atoms with Crippen LogP contribution in [-0.2, 0) is 6.42 Å². The lowest BCUT2D eigenvalue weighted by atomic mass is 10.2. The molecule has 0 aliphatic carbocycles. The van der Waals surface area contributed by atoms with Gasteiger partial charge in [0, 0.05) is 35.5 Å². The van der Waals surface area contributed by atoms with Crippen LogP contribution in [0.2, 0.25) is 0 Å². The predicted octanol–water partition coefficient (Wildman–Crippen LogP) is 4.06. The first-order valence-electron chi connectivity index (χ1n) is 7.36. The van der Waals surface area contributed by atoms with E-state index in [4.69, 9.17) is 0 Å². The number of thiazole rings is 1. The molecule has 0 aliphatic heterocycles. The molecule has 3 aromatic rings. The second-order valence-corrected chi connectivity index (χ2v) is 6.03. The van der Waals surface area contributed by atoms with Crippen LogP contribution in [0.5, 0.6) is 0 Å². The Morgan fingerprint density at radius 3 is 2.50 bits per heavy atom. The molecule has 122 valence electrons. The standard InChI is InChI=1S/C18H14F2N2OS/c19-14-8-13(9-15(20)10-14)17(23)21-7-6-16-11-24-18(22-16)12-4-2-1-3-5-12/h1-5,8-11H,6-7H2,(H,21,23). The van der Waals surface area contributed by atoms with Gasteiger partial charge in [-0.1, -0.05) is 30.3 Å². The van der Waals surface area contributed by atoms with Gasteiger partial charge in [0.25, 0.3) is 5.91 Å². The molecule has 6 heteroatoms. The highest BCUT2D eigenvalue weighted by Gasteiger charge is 2.09. The van der Waals surface area contributed by atoms with Crippen LogP contribution < -0.4 is 5.32 Å². The highest BCUT2D eigenvalue weighted by atomic mass is 32.1. The minimum absolute atomic E-state index is 0.0317. The summed E-state index contributed by atoms with van der Waals surface area (Å²) in [6.07, 6.45) is 0.548. The van der Waals surface area contributed by atoms with Crippen LogP contribution in [0.4, 0.5) is 8.78 Å². The summed E-state index contributed by atoms with van der Waals surface area (Å²) in [7, 11) is 0. The highest BCUT2D eigenvalue weighted by Crippen LogP contribution is 2.23. The van der Waals surface area contributed by atoms with Crippen LogP contribution in [0, 0.1) is 11.6 Å². The molecule has 0 spiro atoms. The maximum absolute atomic E-state index is 13.1. The zero-order chi connectivity index (χ0) is 16.9. The summed E-state index contributed by atoms with van der Waals surface area (Å²) >= 11 is 1.54. The van der Waals surface area contributed by atoms with Crippen molar-refractivity contribution in [3.63, 3.8) is 0 Å². The third-order valence-electron chi connectivity index (χ3n) is 3.36. The minimum Gasteiger partial charge on any atom is -0.352 e. The molecule has 1 amide bonds. The zero-order valence-electron chi connectivity index (χ0n) is 12.6. The number of halogens is 2. The van der Waals surface area contributed by atoms with Gasteiger partial charge in [-0.15, -0.1) is 11.3 Å². The highest BCUT2D eigenvalue weighted by molar-refractivity contribution is 7.13. The van der Waals surface area contributed by atoms with E-state index < -0.39 is 17.5 Å². The number of carbonyl (C=O) groups excluding carboxylic acids is 1. The van der Waals surface area contributed by atoms with Crippen molar-refractivity contribution in [2.75, 3.05) is 6.54 Å². The van der Waals surface area contributed by atoms with Gasteiger partial charge in [0.1, 0.15) is 16.6 Å².